The van der Waals surface area contributed by atoms with E-state index in [4.69, 9.17) is 4.52 Å². The third-order valence-electron chi connectivity index (χ3n) is 5.67. The van der Waals surface area contributed by atoms with Crippen LogP contribution in [-0.2, 0) is 10.3 Å². The van der Waals surface area contributed by atoms with Gasteiger partial charge < -0.3 is 20.1 Å². The number of rotatable bonds is 3. The monoisotopic (exact) mass is 398 g/mol. The lowest BCUT2D eigenvalue weighted by Crippen LogP contribution is -2.54. The number of anilines is 1. The standard InChI is InChI=1S/C19H22N6O4/c1-11-15(12(2)29-24-11)21-18(28)25-8-5-13(6-9-25)19(14-4-3-7-20-10-14)16(26)22-17(27)23-19/h3-4,7,10,13H,5-6,8-9H2,1-2H3,(H,21,28)(H2,22,23,26,27)/t19-/m1/s1. The highest BCUT2D eigenvalue weighted by molar-refractivity contribution is 6.07. The molecule has 10 nitrogen and oxygen atoms in total. The number of imide groups is 1. The van der Waals surface area contributed by atoms with Crippen LogP contribution in [0.4, 0.5) is 15.3 Å². The summed E-state index contributed by atoms with van der Waals surface area (Å²) in [5.41, 5.74) is 0.662. The van der Waals surface area contributed by atoms with Crippen LogP contribution < -0.4 is 16.0 Å². The van der Waals surface area contributed by atoms with Gasteiger partial charge in [0.05, 0.1) is 0 Å². The zero-order valence-corrected chi connectivity index (χ0v) is 16.2. The third kappa shape index (κ3) is 3.20. The number of hydrogen-bond donors (Lipinski definition) is 3. The van der Waals surface area contributed by atoms with Gasteiger partial charge in [0.1, 0.15) is 11.4 Å². The average Bonchev–Trinajstić information content (AvgIpc) is 3.21. The van der Waals surface area contributed by atoms with Crippen molar-refractivity contribution in [3.63, 3.8) is 0 Å². The number of urea groups is 2. The number of aryl methyl sites for hydroxylation is 2. The van der Waals surface area contributed by atoms with E-state index >= 15 is 0 Å². The lowest BCUT2D eigenvalue weighted by molar-refractivity contribution is -0.127. The van der Waals surface area contributed by atoms with E-state index in [1.807, 2.05) is 0 Å². The van der Waals surface area contributed by atoms with Gasteiger partial charge in [0.25, 0.3) is 5.91 Å². The van der Waals surface area contributed by atoms with Crippen molar-refractivity contribution in [2.75, 3.05) is 18.4 Å². The van der Waals surface area contributed by atoms with Crippen molar-refractivity contribution < 1.29 is 18.9 Å². The molecule has 0 aromatic carbocycles. The van der Waals surface area contributed by atoms with Crippen molar-refractivity contribution >= 4 is 23.7 Å². The van der Waals surface area contributed by atoms with Crippen LogP contribution in [0.3, 0.4) is 0 Å². The fourth-order valence-corrected chi connectivity index (χ4v) is 4.15. The van der Waals surface area contributed by atoms with E-state index in [0.29, 0.717) is 48.6 Å². The first-order chi connectivity index (χ1) is 13.9. The molecule has 29 heavy (non-hydrogen) atoms. The van der Waals surface area contributed by atoms with Gasteiger partial charge in [0.15, 0.2) is 11.3 Å². The Morgan fingerprint density at radius 2 is 2.07 bits per heavy atom. The normalized spacial score (nSPS) is 22.3. The zero-order valence-electron chi connectivity index (χ0n) is 16.2. The highest BCUT2D eigenvalue weighted by atomic mass is 16.5. The molecular weight excluding hydrogens is 376 g/mol. The van der Waals surface area contributed by atoms with Gasteiger partial charge >= 0.3 is 12.1 Å². The number of nitrogens with one attached hydrogen (secondary N) is 3. The van der Waals surface area contributed by atoms with E-state index in [2.05, 4.69) is 26.1 Å². The average molecular weight is 398 g/mol. The summed E-state index contributed by atoms with van der Waals surface area (Å²) < 4.78 is 5.08. The molecule has 152 valence electrons. The molecular formula is C19H22N6O4. The number of piperidine rings is 1. The van der Waals surface area contributed by atoms with Gasteiger partial charge in [-0.3, -0.25) is 15.1 Å². The fraction of sp³-hybridized carbons (Fsp3) is 0.421. The van der Waals surface area contributed by atoms with Crippen LogP contribution >= 0.6 is 0 Å². The largest absolute Gasteiger partial charge is 0.359 e. The molecule has 0 bridgehead atoms. The van der Waals surface area contributed by atoms with E-state index in [1.54, 1.807) is 43.3 Å². The molecule has 2 saturated heterocycles. The third-order valence-corrected chi connectivity index (χ3v) is 5.67. The summed E-state index contributed by atoms with van der Waals surface area (Å²) in [6, 6.07) is 2.76. The molecule has 4 rings (SSSR count). The number of hydrogen-bond acceptors (Lipinski definition) is 6. The molecule has 2 aromatic rings. The van der Waals surface area contributed by atoms with Crippen LogP contribution in [0.25, 0.3) is 0 Å². The highest BCUT2D eigenvalue weighted by Gasteiger charge is 2.53. The Morgan fingerprint density at radius 1 is 1.31 bits per heavy atom. The molecule has 4 heterocycles. The summed E-state index contributed by atoms with van der Waals surface area (Å²) in [6.45, 7) is 4.40. The minimum atomic E-state index is -1.17. The maximum absolute atomic E-state index is 12.8. The van der Waals surface area contributed by atoms with Crippen LogP contribution in [-0.4, -0.2) is 46.1 Å². The lowest BCUT2D eigenvalue weighted by Gasteiger charge is -2.40. The van der Waals surface area contributed by atoms with E-state index in [9.17, 15) is 14.4 Å². The quantitative estimate of drug-likeness (QED) is 0.675. The van der Waals surface area contributed by atoms with Crippen LogP contribution in [0.5, 0.6) is 0 Å². The minimum absolute atomic E-state index is 0.165. The summed E-state index contributed by atoms with van der Waals surface area (Å²) in [6.07, 6.45) is 4.32. The number of nitrogens with zero attached hydrogens (tertiary/aromatic N) is 3. The first-order valence-corrected chi connectivity index (χ1v) is 9.44. The fourth-order valence-electron chi connectivity index (χ4n) is 4.15. The summed E-state index contributed by atoms with van der Waals surface area (Å²) >= 11 is 0. The molecule has 0 radical (unpaired) electrons. The molecule has 2 fully saturated rings. The van der Waals surface area contributed by atoms with Crippen molar-refractivity contribution in [1.82, 2.24) is 25.7 Å². The molecule has 0 unspecified atom stereocenters. The molecule has 0 spiro atoms. The van der Waals surface area contributed by atoms with Gasteiger partial charge in [0, 0.05) is 31.0 Å². The van der Waals surface area contributed by atoms with Crippen molar-refractivity contribution in [2.45, 2.75) is 32.2 Å². The molecule has 3 N–H and O–H groups in total. The van der Waals surface area contributed by atoms with Gasteiger partial charge in [-0.1, -0.05) is 11.2 Å². The van der Waals surface area contributed by atoms with Crippen LogP contribution in [0.15, 0.2) is 29.0 Å². The van der Waals surface area contributed by atoms with Crippen molar-refractivity contribution in [1.29, 1.82) is 0 Å². The second-order valence-corrected chi connectivity index (χ2v) is 7.35. The van der Waals surface area contributed by atoms with E-state index < -0.39 is 11.6 Å². The van der Waals surface area contributed by atoms with Crippen LogP contribution in [0.2, 0.25) is 0 Å². The Hall–Kier alpha value is -3.43. The molecule has 0 aliphatic carbocycles. The summed E-state index contributed by atoms with van der Waals surface area (Å²) in [5, 5.41) is 11.9. The first-order valence-electron chi connectivity index (χ1n) is 9.44. The number of amides is 5. The van der Waals surface area contributed by atoms with Gasteiger partial charge in [-0.2, -0.15) is 0 Å². The molecule has 2 aliphatic rings. The maximum atomic E-state index is 12.8. The van der Waals surface area contributed by atoms with Crippen LogP contribution in [0.1, 0.15) is 29.9 Å². The smallest absolute Gasteiger partial charge is 0.322 e. The first kappa shape index (κ1) is 18.9. The predicted octanol–water partition coefficient (Wildman–Crippen LogP) is 1.67. The number of carbonyl (C=O) groups is 3. The summed E-state index contributed by atoms with van der Waals surface area (Å²) in [4.78, 5) is 43.2. The second kappa shape index (κ2) is 7.19. The number of aromatic nitrogens is 2. The molecule has 5 amide bonds. The van der Waals surface area contributed by atoms with Crippen LogP contribution in [0, 0.1) is 19.8 Å². The molecule has 1 atom stereocenters. The number of pyridine rings is 1. The molecule has 2 aromatic heterocycles. The predicted molar refractivity (Wildman–Crippen MR) is 102 cm³/mol. The maximum Gasteiger partial charge on any atom is 0.322 e. The summed E-state index contributed by atoms with van der Waals surface area (Å²) in [7, 11) is 0. The zero-order chi connectivity index (χ0) is 20.6. The van der Waals surface area contributed by atoms with E-state index in [0.717, 1.165) is 0 Å². The van der Waals surface area contributed by atoms with Crippen molar-refractivity contribution in [3.8, 4) is 0 Å². The topological polar surface area (TPSA) is 129 Å². The Bertz CT molecular complexity index is 931. The Morgan fingerprint density at radius 3 is 2.62 bits per heavy atom. The van der Waals surface area contributed by atoms with E-state index in [1.165, 1.54) is 0 Å². The summed E-state index contributed by atoms with van der Waals surface area (Å²) in [5.74, 6) is 0.00184. The number of likely N-dealkylation sites (tertiary alicyclic amines) is 1. The Balaban J connectivity index is 1.50. The minimum Gasteiger partial charge on any atom is -0.359 e. The number of carbonyl (C=O) groups excluding carboxylic acids is 3. The second-order valence-electron chi connectivity index (χ2n) is 7.35. The lowest BCUT2D eigenvalue weighted by atomic mass is 9.73. The van der Waals surface area contributed by atoms with Crippen molar-refractivity contribution in [3.05, 3.63) is 41.5 Å². The van der Waals surface area contributed by atoms with Gasteiger partial charge in [-0.25, -0.2) is 9.59 Å². The Labute approximate surface area is 167 Å². The van der Waals surface area contributed by atoms with Gasteiger partial charge in [-0.15, -0.1) is 0 Å². The van der Waals surface area contributed by atoms with Gasteiger partial charge in [-0.05, 0) is 38.7 Å². The van der Waals surface area contributed by atoms with E-state index in [-0.39, 0.29) is 17.9 Å². The highest BCUT2D eigenvalue weighted by Crippen LogP contribution is 2.38. The molecule has 2 aliphatic heterocycles. The molecule has 0 saturated carbocycles. The van der Waals surface area contributed by atoms with Gasteiger partial charge in [0.2, 0.25) is 0 Å². The Kier molecular flexibility index (Phi) is 4.69. The SMILES string of the molecule is Cc1noc(C)c1NC(=O)N1CCC([C@]2(c3cccnc3)NC(=O)NC2=O)CC1. The van der Waals surface area contributed by atoms with Crippen molar-refractivity contribution in [2.24, 2.45) is 5.92 Å². The molecule has 10 heteroatoms.